The molecule has 2 radical (unpaired) electrons. The maximum Gasteiger partial charge on any atom is 0.0548 e. The molecule has 0 aliphatic carbocycles. The van der Waals surface area contributed by atoms with Gasteiger partial charge in [0.1, 0.15) is 0 Å². The number of hydrogen-bond donors (Lipinski definition) is 0. The molecule has 0 saturated heterocycles. The molecule has 0 fully saturated rings. The van der Waals surface area contributed by atoms with Crippen LogP contribution in [0.25, 0.3) is 0 Å². The van der Waals surface area contributed by atoms with Gasteiger partial charge in [-0.2, -0.15) is 0 Å². The molecule has 0 unspecified atom stereocenters. The maximum absolute atomic E-state index is 5.51. The Morgan fingerprint density at radius 2 is 2.43 bits per heavy atom. The van der Waals surface area contributed by atoms with Crippen LogP contribution in [0.2, 0.25) is 5.02 Å². The van der Waals surface area contributed by atoms with Crippen molar-refractivity contribution < 1.29 is 0 Å². The van der Waals surface area contributed by atoms with Crippen LogP contribution in [0.3, 0.4) is 0 Å². The molecular weight excluding hydrogens is 128 g/mol. The molecule has 0 N–H and O–H groups in total. The SMILES string of the molecule is [CH]c1sccc1Cl. The molecule has 1 aromatic heterocycles. The lowest BCUT2D eigenvalue weighted by molar-refractivity contribution is 1.88. The van der Waals surface area contributed by atoms with Crippen molar-refractivity contribution in [3.63, 3.8) is 0 Å². The first kappa shape index (κ1) is 5.13. The molecule has 1 aromatic rings. The van der Waals surface area contributed by atoms with E-state index in [0.29, 0.717) is 9.90 Å². The lowest BCUT2D eigenvalue weighted by Crippen LogP contribution is -1.52. The van der Waals surface area contributed by atoms with Gasteiger partial charge in [-0.15, -0.1) is 11.3 Å². The van der Waals surface area contributed by atoms with Crippen molar-refractivity contribution in [1.29, 1.82) is 0 Å². The Bertz CT molecular complexity index is 140. The van der Waals surface area contributed by atoms with Crippen LogP contribution in [0.15, 0.2) is 11.4 Å². The Morgan fingerprint density at radius 1 is 1.71 bits per heavy atom. The van der Waals surface area contributed by atoms with Gasteiger partial charge in [-0.3, -0.25) is 0 Å². The first-order chi connectivity index (χ1) is 3.30. The van der Waals surface area contributed by atoms with Gasteiger partial charge in [-0.05, 0) is 11.4 Å². The number of thiophene rings is 1. The average molecular weight is 131 g/mol. The Kier molecular flexibility index (Phi) is 1.35. The molecule has 0 aliphatic heterocycles. The first-order valence-corrected chi connectivity index (χ1v) is 3.05. The standard InChI is InChI=1S/C5H3ClS/c1-4-5(6)2-3-7-4/h1-3H. The predicted octanol–water partition coefficient (Wildman–Crippen LogP) is 2.46. The van der Waals surface area contributed by atoms with Crippen LogP contribution in [-0.2, 0) is 0 Å². The van der Waals surface area contributed by atoms with Crippen LogP contribution in [0.5, 0.6) is 0 Å². The second-order valence-electron chi connectivity index (χ2n) is 1.13. The van der Waals surface area contributed by atoms with E-state index in [2.05, 4.69) is 0 Å². The molecule has 0 bridgehead atoms. The van der Waals surface area contributed by atoms with Crippen LogP contribution < -0.4 is 0 Å². The topological polar surface area (TPSA) is 0 Å². The van der Waals surface area contributed by atoms with E-state index in [1.165, 1.54) is 11.3 Å². The summed E-state index contributed by atoms with van der Waals surface area (Å²) in [5.41, 5.74) is 0. The molecule has 0 amide bonds. The fraction of sp³-hybridized carbons (Fsp3) is 0. The third kappa shape index (κ3) is 0.956. The van der Waals surface area contributed by atoms with Crippen LogP contribution in [-0.4, -0.2) is 0 Å². The highest BCUT2D eigenvalue weighted by Gasteiger charge is 1.90. The quantitative estimate of drug-likeness (QED) is 0.506. The van der Waals surface area contributed by atoms with Crippen LogP contribution in [0.1, 0.15) is 4.88 Å². The van der Waals surface area contributed by atoms with Crippen molar-refractivity contribution in [1.82, 2.24) is 0 Å². The first-order valence-electron chi connectivity index (χ1n) is 1.79. The van der Waals surface area contributed by atoms with Crippen molar-refractivity contribution in [3.05, 3.63) is 28.3 Å². The van der Waals surface area contributed by atoms with Crippen LogP contribution in [0, 0.1) is 6.92 Å². The highest BCUT2D eigenvalue weighted by molar-refractivity contribution is 7.10. The summed E-state index contributed by atoms with van der Waals surface area (Å²) in [6, 6.07) is 1.78. The third-order valence-corrected chi connectivity index (χ3v) is 1.83. The van der Waals surface area contributed by atoms with Gasteiger partial charge in [0, 0.05) is 11.8 Å². The molecule has 2 heteroatoms. The van der Waals surface area contributed by atoms with E-state index < -0.39 is 0 Å². The smallest absolute Gasteiger partial charge is 0.0548 e. The Balaban J connectivity index is 3.12. The van der Waals surface area contributed by atoms with E-state index in [-0.39, 0.29) is 0 Å². The summed E-state index contributed by atoms with van der Waals surface area (Å²) >= 11 is 6.96. The van der Waals surface area contributed by atoms with E-state index in [4.69, 9.17) is 18.5 Å². The van der Waals surface area contributed by atoms with Crippen LogP contribution >= 0.6 is 22.9 Å². The zero-order valence-electron chi connectivity index (χ0n) is 3.52. The van der Waals surface area contributed by atoms with E-state index in [0.717, 1.165) is 0 Å². The van der Waals surface area contributed by atoms with E-state index >= 15 is 0 Å². The molecule has 1 heterocycles. The summed E-state index contributed by atoms with van der Waals surface area (Å²) in [4.78, 5) is 0.696. The van der Waals surface area contributed by atoms with Crippen LogP contribution in [0.4, 0.5) is 0 Å². The predicted molar refractivity (Wildman–Crippen MR) is 32.7 cm³/mol. The largest absolute Gasteiger partial charge is 0.147 e. The second kappa shape index (κ2) is 1.85. The average Bonchev–Trinajstić information content (AvgIpc) is 1.91. The zero-order chi connectivity index (χ0) is 5.28. The van der Waals surface area contributed by atoms with Crippen molar-refractivity contribution >= 4 is 22.9 Å². The van der Waals surface area contributed by atoms with Gasteiger partial charge < -0.3 is 0 Å². The monoisotopic (exact) mass is 130 g/mol. The molecule has 0 nitrogen and oxygen atoms in total. The van der Waals surface area contributed by atoms with Gasteiger partial charge >= 0.3 is 0 Å². The Hall–Kier alpha value is -0.0100. The van der Waals surface area contributed by atoms with Gasteiger partial charge in [0.15, 0.2) is 0 Å². The molecule has 0 atom stereocenters. The summed E-state index contributed by atoms with van der Waals surface area (Å²) in [7, 11) is 0. The molecule has 0 aromatic carbocycles. The maximum atomic E-state index is 5.51. The fourth-order valence-corrected chi connectivity index (χ4v) is 1.11. The number of halogens is 1. The molecule has 36 valence electrons. The lowest BCUT2D eigenvalue weighted by atomic mass is 10.5. The minimum atomic E-state index is 0.657. The highest BCUT2D eigenvalue weighted by atomic mass is 35.5. The van der Waals surface area contributed by atoms with Crippen molar-refractivity contribution in [2.24, 2.45) is 0 Å². The number of rotatable bonds is 0. The summed E-state index contributed by atoms with van der Waals surface area (Å²) < 4.78 is 0. The molecule has 0 saturated carbocycles. The lowest BCUT2D eigenvalue weighted by Gasteiger charge is -1.76. The Labute approximate surface area is 51.7 Å². The summed E-state index contributed by atoms with van der Waals surface area (Å²) in [5.74, 6) is 0. The zero-order valence-corrected chi connectivity index (χ0v) is 5.09. The summed E-state index contributed by atoms with van der Waals surface area (Å²) in [6.07, 6.45) is 0. The summed E-state index contributed by atoms with van der Waals surface area (Å²) in [6.45, 7) is 5.33. The van der Waals surface area contributed by atoms with Crippen molar-refractivity contribution in [3.8, 4) is 0 Å². The minimum Gasteiger partial charge on any atom is -0.147 e. The summed E-state index contributed by atoms with van der Waals surface area (Å²) in [5, 5.41) is 2.52. The van der Waals surface area contributed by atoms with Gasteiger partial charge in [0.25, 0.3) is 0 Å². The van der Waals surface area contributed by atoms with E-state index in [9.17, 15) is 0 Å². The van der Waals surface area contributed by atoms with Crippen molar-refractivity contribution in [2.45, 2.75) is 0 Å². The molecule has 0 spiro atoms. The van der Waals surface area contributed by atoms with Gasteiger partial charge in [0.05, 0.1) is 5.02 Å². The molecule has 0 aliphatic rings. The van der Waals surface area contributed by atoms with Gasteiger partial charge in [-0.1, -0.05) is 11.6 Å². The molecular formula is C5H3ClS. The normalized spacial score (nSPS) is 9.43. The number of hydrogen-bond acceptors (Lipinski definition) is 1. The van der Waals surface area contributed by atoms with E-state index in [1.54, 1.807) is 6.07 Å². The van der Waals surface area contributed by atoms with E-state index in [1.807, 2.05) is 5.38 Å². The molecule has 7 heavy (non-hydrogen) atoms. The fourth-order valence-electron chi connectivity index (χ4n) is 0.305. The van der Waals surface area contributed by atoms with Gasteiger partial charge in [0.2, 0.25) is 0 Å². The second-order valence-corrected chi connectivity index (χ2v) is 2.49. The third-order valence-electron chi connectivity index (χ3n) is 0.645. The van der Waals surface area contributed by atoms with Gasteiger partial charge in [-0.25, -0.2) is 0 Å². The van der Waals surface area contributed by atoms with Crippen molar-refractivity contribution in [2.75, 3.05) is 0 Å². The Morgan fingerprint density at radius 3 is 2.57 bits per heavy atom. The molecule has 1 rings (SSSR count). The highest BCUT2D eigenvalue weighted by Crippen LogP contribution is 2.19. The minimum absolute atomic E-state index is 0.657.